The van der Waals surface area contributed by atoms with E-state index in [2.05, 4.69) is 10.1 Å². The van der Waals surface area contributed by atoms with E-state index in [0.717, 1.165) is 22.2 Å². The van der Waals surface area contributed by atoms with E-state index >= 15 is 0 Å². The Morgan fingerprint density at radius 3 is 2.93 bits per heavy atom. The minimum atomic E-state index is 0.866. The second-order valence-corrected chi connectivity index (χ2v) is 3.15. The lowest BCUT2D eigenvalue weighted by Gasteiger charge is -1.99. The first kappa shape index (κ1) is 8.69. The van der Waals surface area contributed by atoms with Crippen LogP contribution in [0.15, 0.2) is 35.5 Å². The van der Waals surface area contributed by atoms with Gasteiger partial charge < -0.3 is 5.21 Å². The standard InChI is InChI=1S/C11H10N2O/c1-8-2-4-10-6-9(7-12-14)3-5-11(10)13-8/h2-7,14H,1H3/b12-7+. The first-order valence-corrected chi connectivity index (χ1v) is 4.34. The molecule has 0 saturated carbocycles. The van der Waals surface area contributed by atoms with E-state index in [1.807, 2.05) is 37.3 Å². The minimum Gasteiger partial charge on any atom is -0.411 e. The predicted molar refractivity (Wildman–Crippen MR) is 55.9 cm³/mol. The molecule has 0 aliphatic heterocycles. The van der Waals surface area contributed by atoms with E-state index in [9.17, 15) is 0 Å². The molecule has 0 unspecified atom stereocenters. The molecule has 1 heterocycles. The Morgan fingerprint density at radius 2 is 2.14 bits per heavy atom. The summed E-state index contributed by atoms with van der Waals surface area (Å²) >= 11 is 0. The van der Waals surface area contributed by atoms with Gasteiger partial charge >= 0.3 is 0 Å². The Kier molecular flexibility index (Phi) is 2.14. The fraction of sp³-hybridized carbons (Fsp3) is 0.0909. The molecule has 0 bridgehead atoms. The highest BCUT2D eigenvalue weighted by molar-refractivity contribution is 5.88. The van der Waals surface area contributed by atoms with Crippen molar-refractivity contribution in [2.24, 2.45) is 5.16 Å². The number of fused-ring (bicyclic) bond motifs is 1. The van der Waals surface area contributed by atoms with Crippen molar-refractivity contribution in [3.05, 3.63) is 41.6 Å². The van der Waals surface area contributed by atoms with Gasteiger partial charge in [0.15, 0.2) is 0 Å². The zero-order chi connectivity index (χ0) is 9.97. The molecule has 0 fully saturated rings. The predicted octanol–water partition coefficient (Wildman–Crippen LogP) is 2.35. The van der Waals surface area contributed by atoms with Crippen LogP contribution in [-0.4, -0.2) is 16.4 Å². The Morgan fingerprint density at radius 1 is 1.29 bits per heavy atom. The van der Waals surface area contributed by atoms with E-state index in [1.54, 1.807) is 0 Å². The minimum absolute atomic E-state index is 0.866. The van der Waals surface area contributed by atoms with Crippen LogP contribution in [0, 0.1) is 6.92 Å². The number of aromatic nitrogens is 1. The van der Waals surface area contributed by atoms with Crippen LogP contribution in [0.3, 0.4) is 0 Å². The number of rotatable bonds is 1. The molecule has 0 radical (unpaired) electrons. The Bertz CT molecular complexity index is 492. The molecule has 1 aromatic carbocycles. The molecule has 3 nitrogen and oxygen atoms in total. The van der Waals surface area contributed by atoms with Crippen molar-refractivity contribution in [3.63, 3.8) is 0 Å². The summed E-state index contributed by atoms with van der Waals surface area (Å²) in [6.45, 7) is 1.96. The van der Waals surface area contributed by atoms with Gasteiger partial charge in [0.25, 0.3) is 0 Å². The summed E-state index contributed by atoms with van der Waals surface area (Å²) in [7, 11) is 0. The second-order valence-electron chi connectivity index (χ2n) is 3.15. The smallest absolute Gasteiger partial charge is 0.0734 e. The molecule has 0 atom stereocenters. The van der Waals surface area contributed by atoms with Crippen LogP contribution in [0.2, 0.25) is 0 Å². The van der Waals surface area contributed by atoms with Crippen molar-refractivity contribution in [3.8, 4) is 0 Å². The molecule has 1 aromatic heterocycles. The van der Waals surface area contributed by atoms with E-state index in [4.69, 9.17) is 5.21 Å². The van der Waals surface area contributed by atoms with E-state index in [-0.39, 0.29) is 0 Å². The normalized spacial score (nSPS) is 11.2. The highest BCUT2D eigenvalue weighted by Gasteiger charge is 1.96. The zero-order valence-corrected chi connectivity index (χ0v) is 7.81. The number of hydrogen-bond donors (Lipinski definition) is 1. The molecular weight excluding hydrogens is 176 g/mol. The summed E-state index contributed by atoms with van der Waals surface area (Å²) in [5.41, 5.74) is 2.83. The number of aryl methyl sites for hydroxylation is 1. The summed E-state index contributed by atoms with van der Waals surface area (Å²) < 4.78 is 0. The molecule has 0 spiro atoms. The molecule has 2 aromatic rings. The molecular formula is C11H10N2O. The lowest BCUT2D eigenvalue weighted by atomic mass is 10.1. The Hall–Kier alpha value is -1.90. The molecule has 3 heteroatoms. The van der Waals surface area contributed by atoms with E-state index in [1.165, 1.54) is 6.21 Å². The van der Waals surface area contributed by atoms with Gasteiger partial charge in [-0.25, -0.2) is 0 Å². The van der Waals surface area contributed by atoms with Gasteiger partial charge in [0.2, 0.25) is 0 Å². The topological polar surface area (TPSA) is 45.5 Å². The van der Waals surface area contributed by atoms with Gasteiger partial charge in [-0.3, -0.25) is 4.98 Å². The van der Waals surface area contributed by atoms with Crippen molar-refractivity contribution in [1.82, 2.24) is 4.98 Å². The van der Waals surface area contributed by atoms with Gasteiger partial charge in [0, 0.05) is 11.1 Å². The largest absolute Gasteiger partial charge is 0.411 e. The van der Waals surface area contributed by atoms with Gasteiger partial charge in [-0.2, -0.15) is 0 Å². The lowest BCUT2D eigenvalue weighted by Crippen LogP contribution is -1.85. The monoisotopic (exact) mass is 186 g/mol. The molecule has 2 rings (SSSR count). The van der Waals surface area contributed by atoms with Gasteiger partial charge in [0.05, 0.1) is 11.7 Å². The number of hydrogen-bond acceptors (Lipinski definition) is 3. The van der Waals surface area contributed by atoms with Crippen LogP contribution < -0.4 is 0 Å². The SMILES string of the molecule is Cc1ccc2cc(/C=N/O)ccc2n1. The van der Waals surface area contributed by atoms with Crippen molar-refractivity contribution in [2.75, 3.05) is 0 Å². The van der Waals surface area contributed by atoms with Crippen LogP contribution in [0.1, 0.15) is 11.3 Å². The molecule has 70 valence electrons. The van der Waals surface area contributed by atoms with E-state index in [0.29, 0.717) is 0 Å². The van der Waals surface area contributed by atoms with Crippen LogP contribution in [0.25, 0.3) is 10.9 Å². The molecule has 0 aliphatic rings. The fourth-order valence-electron chi connectivity index (χ4n) is 1.39. The number of benzene rings is 1. The van der Waals surface area contributed by atoms with Crippen molar-refractivity contribution >= 4 is 17.1 Å². The van der Waals surface area contributed by atoms with Crippen molar-refractivity contribution in [2.45, 2.75) is 6.92 Å². The maximum Gasteiger partial charge on any atom is 0.0734 e. The average Bonchev–Trinajstić information content (AvgIpc) is 2.19. The number of pyridine rings is 1. The van der Waals surface area contributed by atoms with Crippen LogP contribution in [0.5, 0.6) is 0 Å². The third-order valence-corrected chi connectivity index (χ3v) is 2.06. The zero-order valence-electron chi connectivity index (χ0n) is 7.81. The Labute approximate surface area is 81.7 Å². The molecule has 1 N–H and O–H groups in total. The second kappa shape index (κ2) is 3.46. The quantitative estimate of drug-likeness (QED) is 0.422. The van der Waals surface area contributed by atoms with Crippen molar-refractivity contribution < 1.29 is 5.21 Å². The third kappa shape index (κ3) is 1.57. The maximum absolute atomic E-state index is 8.39. The van der Waals surface area contributed by atoms with Gasteiger partial charge in [-0.1, -0.05) is 17.3 Å². The highest BCUT2D eigenvalue weighted by Crippen LogP contribution is 2.13. The van der Waals surface area contributed by atoms with Gasteiger partial charge in [-0.05, 0) is 30.7 Å². The Balaban J connectivity index is 2.61. The number of nitrogens with zero attached hydrogens (tertiary/aromatic N) is 2. The highest BCUT2D eigenvalue weighted by atomic mass is 16.4. The van der Waals surface area contributed by atoms with Crippen LogP contribution in [-0.2, 0) is 0 Å². The molecule has 14 heavy (non-hydrogen) atoms. The fourth-order valence-corrected chi connectivity index (χ4v) is 1.39. The summed E-state index contributed by atoms with van der Waals surface area (Å²) in [5, 5.41) is 12.4. The lowest BCUT2D eigenvalue weighted by molar-refractivity contribution is 0.322. The maximum atomic E-state index is 8.39. The average molecular weight is 186 g/mol. The van der Waals surface area contributed by atoms with Crippen molar-refractivity contribution in [1.29, 1.82) is 0 Å². The summed E-state index contributed by atoms with van der Waals surface area (Å²) in [4.78, 5) is 4.37. The first-order chi connectivity index (χ1) is 6.79. The summed E-state index contributed by atoms with van der Waals surface area (Å²) in [6, 6.07) is 9.68. The molecule has 0 saturated heterocycles. The van der Waals surface area contributed by atoms with Crippen LogP contribution >= 0.6 is 0 Å². The van der Waals surface area contributed by atoms with Gasteiger partial charge in [-0.15, -0.1) is 0 Å². The molecule has 0 amide bonds. The number of oxime groups is 1. The summed E-state index contributed by atoms with van der Waals surface area (Å²) in [6.07, 6.45) is 1.40. The molecule has 0 aliphatic carbocycles. The third-order valence-electron chi connectivity index (χ3n) is 2.06. The first-order valence-electron chi connectivity index (χ1n) is 4.34. The van der Waals surface area contributed by atoms with Crippen LogP contribution in [0.4, 0.5) is 0 Å². The van der Waals surface area contributed by atoms with E-state index < -0.39 is 0 Å². The van der Waals surface area contributed by atoms with Gasteiger partial charge in [0.1, 0.15) is 0 Å². The summed E-state index contributed by atoms with van der Waals surface area (Å²) in [5.74, 6) is 0.